The Bertz CT molecular complexity index is 1020. The van der Waals surface area contributed by atoms with Crippen LogP contribution in [0.3, 0.4) is 0 Å². The number of hydrogen-bond acceptors (Lipinski definition) is 6. The molecule has 0 spiro atoms. The Balaban J connectivity index is 1.52. The lowest BCUT2D eigenvalue weighted by atomic mass is 9.83. The van der Waals surface area contributed by atoms with Crippen LogP contribution in [0.2, 0.25) is 0 Å². The standard InChI is InChI=1S/C20H24N8/c1-2-9-27-10-6-15-18(22-17-13-16(25-26-17)14-4-3-5-14)23-20(24-19(15)27)28-11-7-21-8-12-28/h1,6,10,13-14,21H,3-5,7-9,11-12H2,(H2,22,23,24,25,26). The lowest BCUT2D eigenvalue weighted by molar-refractivity contribution is 0.410. The van der Waals surface area contributed by atoms with Gasteiger partial charge in [-0.05, 0) is 18.9 Å². The van der Waals surface area contributed by atoms with Gasteiger partial charge < -0.3 is 20.1 Å². The smallest absolute Gasteiger partial charge is 0.229 e. The van der Waals surface area contributed by atoms with Crippen molar-refractivity contribution < 1.29 is 0 Å². The molecule has 1 saturated carbocycles. The lowest BCUT2D eigenvalue weighted by Gasteiger charge is -2.27. The van der Waals surface area contributed by atoms with Crippen LogP contribution < -0.4 is 15.5 Å². The van der Waals surface area contributed by atoms with E-state index in [4.69, 9.17) is 16.4 Å². The fourth-order valence-corrected chi connectivity index (χ4v) is 3.83. The summed E-state index contributed by atoms with van der Waals surface area (Å²) in [4.78, 5) is 11.9. The first-order valence-electron chi connectivity index (χ1n) is 9.90. The molecule has 4 heterocycles. The molecule has 28 heavy (non-hydrogen) atoms. The number of hydrogen-bond donors (Lipinski definition) is 3. The minimum Gasteiger partial charge on any atom is -0.338 e. The average Bonchev–Trinajstić information content (AvgIpc) is 3.29. The first kappa shape index (κ1) is 17.1. The zero-order chi connectivity index (χ0) is 18.9. The summed E-state index contributed by atoms with van der Waals surface area (Å²) in [6, 6.07) is 4.11. The van der Waals surface area contributed by atoms with E-state index in [9.17, 15) is 0 Å². The average molecular weight is 376 g/mol. The van der Waals surface area contributed by atoms with E-state index < -0.39 is 0 Å². The summed E-state index contributed by atoms with van der Waals surface area (Å²) in [6.45, 7) is 4.11. The fraction of sp³-hybridized carbons (Fsp3) is 0.450. The maximum absolute atomic E-state index is 5.54. The van der Waals surface area contributed by atoms with Gasteiger partial charge >= 0.3 is 0 Å². The number of aromatic nitrogens is 5. The highest BCUT2D eigenvalue weighted by Gasteiger charge is 2.22. The van der Waals surface area contributed by atoms with Gasteiger partial charge in [0.1, 0.15) is 11.5 Å². The quantitative estimate of drug-likeness (QED) is 0.592. The van der Waals surface area contributed by atoms with E-state index in [2.05, 4.69) is 37.7 Å². The number of terminal acetylenes is 1. The van der Waals surface area contributed by atoms with Crippen molar-refractivity contribution in [3.05, 3.63) is 24.0 Å². The molecule has 3 aromatic heterocycles. The second-order valence-corrected chi connectivity index (χ2v) is 7.46. The number of piperazine rings is 1. The van der Waals surface area contributed by atoms with Crippen LogP contribution in [0.5, 0.6) is 0 Å². The molecule has 8 nitrogen and oxygen atoms in total. The zero-order valence-electron chi connectivity index (χ0n) is 15.8. The van der Waals surface area contributed by atoms with Gasteiger partial charge in [-0.25, -0.2) is 0 Å². The van der Waals surface area contributed by atoms with E-state index in [-0.39, 0.29) is 0 Å². The predicted molar refractivity (Wildman–Crippen MR) is 110 cm³/mol. The number of H-pyrrole nitrogens is 1. The van der Waals surface area contributed by atoms with Gasteiger partial charge in [-0.15, -0.1) is 6.42 Å². The number of anilines is 3. The van der Waals surface area contributed by atoms with E-state index in [1.54, 1.807) is 0 Å². The Kier molecular flexibility index (Phi) is 4.37. The monoisotopic (exact) mass is 376 g/mol. The fourth-order valence-electron chi connectivity index (χ4n) is 3.83. The summed E-state index contributed by atoms with van der Waals surface area (Å²) in [7, 11) is 0. The summed E-state index contributed by atoms with van der Waals surface area (Å²) in [6.07, 6.45) is 11.3. The molecular formula is C20H24N8. The molecule has 2 fully saturated rings. The normalized spacial score (nSPS) is 17.5. The summed E-state index contributed by atoms with van der Waals surface area (Å²) in [5, 5.41) is 15.3. The van der Waals surface area contributed by atoms with Crippen LogP contribution >= 0.6 is 0 Å². The van der Waals surface area contributed by atoms with Crippen LogP contribution in [0.15, 0.2) is 18.3 Å². The van der Waals surface area contributed by atoms with Crippen molar-refractivity contribution >= 4 is 28.6 Å². The zero-order valence-corrected chi connectivity index (χ0v) is 15.8. The second kappa shape index (κ2) is 7.17. The third kappa shape index (κ3) is 3.08. The maximum Gasteiger partial charge on any atom is 0.229 e. The number of fused-ring (bicyclic) bond motifs is 1. The number of rotatable bonds is 5. The van der Waals surface area contributed by atoms with Gasteiger partial charge in [0, 0.05) is 50.1 Å². The molecule has 1 saturated heterocycles. The molecule has 3 aromatic rings. The molecule has 144 valence electrons. The van der Waals surface area contributed by atoms with Crippen molar-refractivity contribution in [1.82, 2.24) is 30.0 Å². The molecule has 1 aliphatic carbocycles. The summed E-state index contributed by atoms with van der Waals surface area (Å²) in [5.74, 6) is 5.59. The molecule has 8 heteroatoms. The Morgan fingerprint density at radius 3 is 2.86 bits per heavy atom. The molecule has 1 aliphatic heterocycles. The summed E-state index contributed by atoms with van der Waals surface area (Å²) >= 11 is 0. The molecule has 0 unspecified atom stereocenters. The third-order valence-electron chi connectivity index (χ3n) is 5.66. The van der Waals surface area contributed by atoms with Crippen LogP contribution in [0, 0.1) is 12.3 Å². The largest absolute Gasteiger partial charge is 0.338 e. The van der Waals surface area contributed by atoms with Crippen LogP contribution in [0.4, 0.5) is 17.6 Å². The number of nitrogens with zero attached hydrogens (tertiary/aromatic N) is 5. The van der Waals surface area contributed by atoms with Crippen LogP contribution in [0.1, 0.15) is 30.9 Å². The number of aromatic amines is 1. The maximum atomic E-state index is 5.54. The third-order valence-corrected chi connectivity index (χ3v) is 5.66. The van der Waals surface area contributed by atoms with Gasteiger partial charge in [-0.3, -0.25) is 5.10 Å². The van der Waals surface area contributed by atoms with Crippen molar-refractivity contribution in [2.45, 2.75) is 31.7 Å². The first-order chi connectivity index (χ1) is 13.8. The van der Waals surface area contributed by atoms with Crippen LogP contribution in [-0.4, -0.2) is 50.9 Å². The Morgan fingerprint density at radius 2 is 2.11 bits per heavy atom. The molecule has 3 N–H and O–H groups in total. The van der Waals surface area contributed by atoms with Gasteiger partial charge in [0.25, 0.3) is 0 Å². The van der Waals surface area contributed by atoms with E-state index in [1.165, 1.54) is 25.0 Å². The molecule has 5 rings (SSSR count). The van der Waals surface area contributed by atoms with Crippen molar-refractivity contribution in [3.8, 4) is 12.3 Å². The van der Waals surface area contributed by atoms with Crippen LogP contribution in [0.25, 0.3) is 11.0 Å². The molecule has 0 amide bonds. The van der Waals surface area contributed by atoms with E-state index in [0.717, 1.165) is 54.8 Å². The second-order valence-electron chi connectivity index (χ2n) is 7.46. The van der Waals surface area contributed by atoms with Crippen molar-refractivity contribution in [2.75, 3.05) is 36.4 Å². The van der Waals surface area contributed by atoms with Gasteiger partial charge in [-0.2, -0.15) is 15.1 Å². The first-order valence-corrected chi connectivity index (χ1v) is 9.90. The molecule has 0 radical (unpaired) electrons. The Morgan fingerprint density at radius 1 is 1.25 bits per heavy atom. The van der Waals surface area contributed by atoms with Crippen LogP contribution in [-0.2, 0) is 6.54 Å². The Hall–Kier alpha value is -3.05. The van der Waals surface area contributed by atoms with Crippen molar-refractivity contribution in [2.24, 2.45) is 0 Å². The predicted octanol–water partition coefficient (Wildman–Crippen LogP) is 2.21. The van der Waals surface area contributed by atoms with Gasteiger partial charge in [0.15, 0.2) is 5.82 Å². The highest BCUT2D eigenvalue weighted by Crippen LogP contribution is 2.36. The van der Waals surface area contributed by atoms with Gasteiger partial charge in [-0.1, -0.05) is 12.3 Å². The Labute approximate surface area is 163 Å². The SMILES string of the molecule is C#CCn1ccc2c(Nc3cc(C4CCC4)[nH]n3)nc(N3CCNCC3)nc21. The number of nitrogens with one attached hydrogen (secondary N) is 3. The van der Waals surface area contributed by atoms with Gasteiger partial charge in [0.05, 0.1) is 11.9 Å². The molecule has 0 atom stereocenters. The molecule has 2 aliphatic rings. The molecule has 0 bridgehead atoms. The minimum atomic E-state index is 0.481. The summed E-state index contributed by atoms with van der Waals surface area (Å²) < 4.78 is 1.98. The highest BCUT2D eigenvalue weighted by atomic mass is 15.3. The van der Waals surface area contributed by atoms with Crippen molar-refractivity contribution in [1.29, 1.82) is 0 Å². The highest BCUT2D eigenvalue weighted by molar-refractivity contribution is 5.90. The lowest BCUT2D eigenvalue weighted by Crippen LogP contribution is -2.44. The molecule has 0 aromatic carbocycles. The van der Waals surface area contributed by atoms with E-state index in [1.807, 2.05) is 16.8 Å². The minimum absolute atomic E-state index is 0.481. The summed E-state index contributed by atoms with van der Waals surface area (Å²) in [5.41, 5.74) is 2.05. The van der Waals surface area contributed by atoms with E-state index >= 15 is 0 Å². The molecular weight excluding hydrogens is 352 g/mol. The topological polar surface area (TPSA) is 86.7 Å². The van der Waals surface area contributed by atoms with Crippen molar-refractivity contribution in [3.63, 3.8) is 0 Å². The van der Waals surface area contributed by atoms with Gasteiger partial charge in [0.2, 0.25) is 5.95 Å². The van der Waals surface area contributed by atoms with E-state index in [0.29, 0.717) is 12.5 Å².